The Morgan fingerprint density at radius 2 is 2.27 bits per heavy atom. The largest absolute Gasteiger partial charge is 0.478 e. The van der Waals surface area contributed by atoms with E-state index in [1.165, 1.54) is 6.20 Å². The lowest BCUT2D eigenvalue weighted by molar-refractivity contribution is 0.0682. The number of carboxylic acid groups (broad SMARTS) is 1. The zero-order valence-corrected chi connectivity index (χ0v) is 8.96. The Morgan fingerprint density at radius 3 is 2.67 bits per heavy atom. The fourth-order valence-electron chi connectivity index (χ4n) is 1.15. The van der Waals surface area contributed by atoms with Crippen molar-refractivity contribution in [3.05, 3.63) is 27.5 Å². The molecule has 0 saturated carbocycles. The SMILES string of the molecule is NCc1cnc(Br)c(C(F)F)c1C(=O)O. The summed E-state index contributed by atoms with van der Waals surface area (Å²) in [6, 6.07) is 0. The van der Waals surface area contributed by atoms with Crippen molar-refractivity contribution in [2.75, 3.05) is 0 Å². The fourth-order valence-corrected chi connectivity index (χ4v) is 1.62. The van der Waals surface area contributed by atoms with Crippen LogP contribution in [-0.4, -0.2) is 16.1 Å². The Bertz CT molecular complexity index is 398. The van der Waals surface area contributed by atoms with Gasteiger partial charge in [0.1, 0.15) is 4.60 Å². The maximum Gasteiger partial charge on any atom is 0.336 e. The predicted octanol–water partition coefficient (Wildman–Crippen LogP) is 1.94. The van der Waals surface area contributed by atoms with Crippen LogP contribution in [0.3, 0.4) is 0 Å². The second kappa shape index (κ2) is 4.63. The minimum atomic E-state index is -2.91. The van der Waals surface area contributed by atoms with Gasteiger partial charge in [-0.15, -0.1) is 0 Å². The van der Waals surface area contributed by atoms with E-state index >= 15 is 0 Å². The summed E-state index contributed by atoms with van der Waals surface area (Å²) in [7, 11) is 0. The van der Waals surface area contributed by atoms with E-state index in [0.717, 1.165) is 0 Å². The number of hydrogen-bond donors (Lipinski definition) is 2. The van der Waals surface area contributed by atoms with Crippen molar-refractivity contribution in [1.29, 1.82) is 0 Å². The van der Waals surface area contributed by atoms with Crippen LogP contribution in [0.15, 0.2) is 10.8 Å². The molecule has 0 radical (unpaired) electrons. The number of alkyl halides is 2. The summed E-state index contributed by atoms with van der Waals surface area (Å²) in [5.74, 6) is -1.44. The smallest absolute Gasteiger partial charge is 0.336 e. The highest BCUT2D eigenvalue weighted by Crippen LogP contribution is 2.30. The quantitative estimate of drug-likeness (QED) is 0.830. The van der Waals surface area contributed by atoms with Gasteiger partial charge in [-0.25, -0.2) is 18.6 Å². The molecule has 1 aromatic heterocycles. The fraction of sp³-hybridized carbons (Fsp3) is 0.250. The Labute approximate surface area is 92.2 Å². The maximum atomic E-state index is 12.6. The first kappa shape index (κ1) is 12.0. The molecule has 0 fully saturated rings. The van der Waals surface area contributed by atoms with E-state index < -0.39 is 23.5 Å². The van der Waals surface area contributed by atoms with Crippen LogP contribution in [0, 0.1) is 0 Å². The molecule has 0 saturated heterocycles. The van der Waals surface area contributed by atoms with Crippen molar-refractivity contribution in [2.24, 2.45) is 5.73 Å². The maximum absolute atomic E-state index is 12.6. The number of carboxylic acids is 1. The first-order chi connectivity index (χ1) is 6.99. The molecular formula is C8H7BrF2N2O2. The van der Waals surface area contributed by atoms with Crippen molar-refractivity contribution < 1.29 is 18.7 Å². The Kier molecular flexibility index (Phi) is 3.70. The van der Waals surface area contributed by atoms with Gasteiger partial charge in [0.15, 0.2) is 0 Å². The molecule has 0 unspecified atom stereocenters. The highest BCUT2D eigenvalue weighted by atomic mass is 79.9. The third-order valence-electron chi connectivity index (χ3n) is 1.80. The molecule has 0 aliphatic rings. The number of rotatable bonds is 3. The summed E-state index contributed by atoms with van der Waals surface area (Å²) in [5.41, 5.74) is 4.22. The molecule has 0 amide bonds. The van der Waals surface area contributed by atoms with Gasteiger partial charge in [-0.1, -0.05) is 0 Å². The molecule has 4 nitrogen and oxygen atoms in total. The van der Waals surface area contributed by atoms with Gasteiger partial charge in [-0.05, 0) is 21.5 Å². The lowest BCUT2D eigenvalue weighted by atomic mass is 10.1. The van der Waals surface area contributed by atoms with Crippen LogP contribution < -0.4 is 5.73 Å². The summed E-state index contributed by atoms with van der Waals surface area (Å²) < 4.78 is 25.0. The minimum Gasteiger partial charge on any atom is -0.478 e. The second-order valence-electron chi connectivity index (χ2n) is 2.67. The molecule has 0 bridgehead atoms. The van der Waals surface area contributed by atoms with E-state index in [0.29, 0.717) is 0 Å². The number of aromatic nitrogens is 1. The van der Waals surface area contributed by atoms with Gasteiger partial charge in [0.25, 0.3) is 6.43 Å². The number of carbonyl (C=O) groups is 1. The van der Waals surface area contributed by atoms with Crippen molar-refractivity contribution in [2.45, 2.75) is 13.0 Å². The molecule has 1 rings (SSSR count). The zero-order valence-electron chi connectivity index (χ0n) is 7.38. The highest BCUT2D eigenvalue weighted by Gasteiger charge is 2.24. The molecule has 1 aromatic rings. The molecular weight excluding hydrogens is 274 g/mol. The summed E-state index contributed by atoms with van der Waals surface area (Å²) >= 11 is 2.78. The number of halogens is 3. The molecule has 1 heterocycles. The lowest BCUT2D eigenvalue weighted by Crippen LogP contribution is -2.12. The van der Waals surface area contributed by atoms with Gasteiger partial charge in [0.2, 0.25) is 0 Å². The summed E-state index contributed by atoms with van der Waals surface area (Å²) in [5, 5.41) is 8.81. The third-order valence-corrected chi connectivity index (χ3v) is 2.43. The Hall–Kier alpha value is -1.08. The van der Waals surface area contributed by atoms with Crippen LogP contribution in [0.2, 0.25) is 0 Å². The van der Waals surface area contributed by atoms with E-state index in [4.69, 9.17) is 10.8 Å². The highest BCUT2D eigenvalue weighted by molar-refractivity contribution is 9.10. The molecule has 82 valence electrons. The molecule has 0 aliphatic heterocycles. The second-order valence-corrected chi connectivity index (χ2v) is 3.42. The minimum absolute atomic E-state index is 0.0843. The summed E-state index contributed by atoms with van der Waals surface area (Å²) in [6.45, 7) is -0.151. The topological polar surface area (TPSA) is 76.2 Å². The molecule has 0 aliphatic carbocycles. The van der Waals surface area contributed by atoms with Crippen molar-refractivity contribution >= 4 is 21.9 Å². The van der Waals surface area contributed by atoms with Gasteiger partial charge in [0.05, 0.1) is 11.1 Å². The average molecular weight is 281 g/mol. The van der Waals surface area contributed by atoms with Crippen LogP contribution in [-0.2, 0) is 6.54 Å². The molecule has 0 aromatic carbocycles. The summed E-state index contributed by atoms with van der Waals surface area (Å²) in [6.07, 6.45) is -1.75. The predicted molar refractivity (Wildman–Crippen MR) is 51.7 cm³/mol. The van der Waals surface area contributed by atoms with Gasteiger partial charge >= 0.3 is 5.97 Å². The van der Waals surface area contributed by atoms with E-state index in [1.54, 1.807) is 0 Å². The van der Waals surface area contributed by atoms with Gasteiger partial charge in [0, 0.05) is 12.7 Å². The molecule has 0 atom stereocenters. The zero-order chi connectivity index (χ0) is 11.6. The first-order valence-electron chi connectivity index (χ1n) is 3.87. The van der Waals surface area contributed by atoms with Crippen LogP contribution in [0.5, 0.6) is 0 Å². The average Bonchev–Trinajstić information content (AvgIpc) is 2.16. The lowest BCUT2D eigenvalue weighted by Gasteiger charge is -2.10. The molecule has 15 heavy (non-hydrogen) atoms. The number of nitrogens with two attached hydrogens (primary N) is 1. The van der Waals surface area contributed by atoms with E-state index in [2.05, 4.69) is 20.9 Å². The van der Waals surface area contributed by atoms with Crippen molar-refractivity contribution in [3.8, 4) is 0 Å². The number of pyridine rings is 1. The van der Waals surface area contributed by atoms with Crippen molar-refractivity contribution in [3.63, 3.8) is 0 Å². The molecule has 7 heteroatoms. The monoisotopic (exact) mass is 280 g/mol. The summed E-state index contributed by atoms with van der Waals surface area (Å²) in [4.78, 5) is 14.4. The Balaban J connectivity index is 3.51. The molecule has 3 N–H and O–H groups in total. The normalized spacial score (nSPS) is 10.7. The number of hydrogen-bond acceptors (Lipinski definition) is 3. The number of nitrogens with zero attached hydrogens (tertiary/aromatic N) is 1. The number of aromatic carboxylic acids is 1. The van der Waals surface area contributed by atoms with E-state index in [-0.39, 0.29) is 16.7 Å². The molecule has 0 spiro atoms. The van der Waals surface area contributed by atoms with E-state index in [9.17, 15) is 13.6 Å². The Morgan fingerprint density at radius 1 is 1.67 bits per heavy atom. The third kappa shape index (κ3) is 2.29. The standard InChI is InChI=1S/C8H7BrF2N2O2/c9-6-5(7(10)11)4(8(14)15)3(1-12)2-13-6/h2,7H,1,12H2,(H,14,15). The van der Waals surface area contributed by atoms with Gasteiger partial charge < -0.3 is 10.8 Å². The first-order valence-corrected chi connectivity index (χ1v) is 4.67. The van der Waals surface area contributed by atoms with Gasteiger partial charge in [-0.3, -0.25) is 0 Å². The van der Waals surface area contributed by atoms with Crippen LogP contribution in [0.1, 0.15) is 27.9 Å². The van der Waals surface area contributed by atoms with Crippen molar-refractivity contribution in [1.82, 2.24) is 4.98 Å². The van der Waals surface area contributed by atoms with Crippen LogP contribution in [0.25, 0.3) is 0 Å². The van der Waals surface area contributed by atoms with Gasteiger partial charge in [-0.2, -0.15) is 0 Å². The van der Waals surface area contributed by atoms with E-state index in [1.807, 2.05) is 0 Å². The van der Waals surface area contributed by atoms with Crippen LogP contribution >= 0.6 is 15.9 Å². The van der Waals surface area contributed by atoms with Crippen LogP contribution in [0.4, 0.5) is 8.78 Å².